The van der Waals surface area contributed by atoms with Crippen LogP contribution in [0.15, 0.2) is 65.4 Å². The molecule has 3 N–H and O–H groups in total. The van der Waals surface area contributed by atoms with Gasteiger partial charge in [-0.2, -0.15) is 0 Å². The zero-order valence-corrected chi connectivity index (χ0v) is 15.5. The molecule has 3 aromatic heterocycles. The maximum Gasteiger partial charge on any atom is 0.170 e. The lowest BCUT2D eigenvalue weighted by Gasteiger charge is -2.07. The minimum atomic E-state index is 0.431. The van der Waals surface area contributed by atoms with Crippen LogP contribution in [0.5, 0.6) is 0 Å². The summed E-state index contributed by atoms with van der Waals surface area (Å²) in [6.45, 7) is 2.57. The Bertz CT molecular complexity index is 1070. The molecule has 4 aromatic rings. The standard InChI is InChI=1S/C21H20N6O/c1-14-23-10-8-20(26-14)25-13-16-6-4-15(5-7-16)11-17-12-19(28-27-17)18-3-2-9-24-21(18)22/h2-10,12H,11,13H2,1H3,(H2,22,24)(H,23,25,26). The van der Waals surface area contributed by atoms with Crippen molar-refractivity contribution in [3.63, 3.8) is 0 Å². The molecule has 7 nitrogen and oxygen atoms in total. The summed E-state index contributed by atoms with van der Waals surface area (Å²) in [5.74, 6) is 2.63. The number of nitrogen functional groups attached to an aromatic ring is 1. The molecule has 0 spiro atoms. The molecule has 0 unspecified atom stereocenters. The molecule has 3 heterocycles. The van der Waals surface area contributed by atoms with Crippen LogP contribution in [0.1, 0.15) is 22.6 Å². The van der Waals surface area contributed by atoms with Crippen molar-refractivity contribution in [1.29, 1.82) is 0 Å². The van der Waals surface area contributed by atoms with Gasteiger partial charge in [-0.15, -0.1) is 0 Å². The van der Waals surface area contributed by atoms with E-state index in [4.69, 9.17) is 10.3 Å². The molecule has 0 fully saturated rings. The molecule has 0 aliphatic rings. The van der Waals surface area contributed by atoms with E-state index in [1.54, 1.807) is 12.4 Å². The van der Waals surface area contributed by atoms with Crippen molar-refractivity contribution in [1.82, 2.24) is 20.1 Å². The number of pyridine rings is 1. The van der Waals surface area contributed by atoms with E-state index in [-0.39, 0.29) is 0 Å². The number of aromatic nitrogens is 4. The first-order valence-electron chi connectivity index (χ1n) is 8.95. The predicted octanol–water partition coefficient (Wildman–Crippen LogP) is 3.62. The van der Waals surface area contributed by atoms with E-state index in [0.29, 0.717) is 24.5 Å². The lowest BCUT2D eigenvalue weighted by Crippen LogP contribution is -2.02. The quantitative estimate of drug-likeness (QED) is 0.533. The van der Waals surface area contributed by atoms with E-state index in [2.05, 4.69) is 49.7 Å². The number of nitrogens with one attached hydrogen (secondary N) is 1. The molecule has 28 heavy (non-hydrogen) atoms. The Morgan fingerprint density at radius 1 is 1.00 bits per heavy atom. The van der Waals surface area contributed by atoms with Crippen LogP contribution in [-0.4, -0.2) is 20.1 Å². The molecule has 0 aliphatic carbocycles. The summed E-state index contributed by atoms with van der Waals surface area (Å²) in [7, 11) is 0. The zero-order valence-electron chi connectivity index (χ0n) is 15.5. The van der Waals surface area contributed by atoms with E-state index < -0.39 is 0 Å². The van der Waals surface area contributed by atoms with Crippen LogP contribution in [0.25, 0.3) is 11.3 Å². The average Bonchev–Trinajstić information content (AvgIpc) is 3.16. The SMILES string of the molecule is Cc1nccc(NCc2ccc(Cc3cc(-c4cccnc4N)on3)cc2)n1. The number of nitrogens with zero attached hydrogens (tertiary/aromatic N) is 4. The summed E-state index contributed by atoms with van der Waals surface area (Å²) >= 11 is 0. The minimum Gasteiger partial charge on any atom is -0.383 e. The third kappa shape index (κ3) is 4.15. The summed E-state index contributed by atoms with van der Waals surface area (Å²) in [5, 5.41) is 7.45. The van der Waals surface area contributed by atoms with Gasteiger partial charge in [-0.05, 0) is 36.2 Å². The highest BCUT2D eigenvalue weighted by Gasteiger charge is 2.10. The normalized spacial score (nSPS) is 10.8. The fourth-order valence-corrected chi connectivity index (χ4v) is 2.88. The highest BCUT2D eigenvalue weighted by Crippen LogP contribution is 2.25. The maximum absolute atomic E-state index is 5.90. The predicted molar refractivity (Wildman–Crippen MR) is 107 cm³/mol. The molecular weight excluding hydrogens is 352 g/mol. The third-order valence-electron chi connectivity index (χ3n) is 4.32. The Kier molecular flexibility index (Phi) is 4.97. The van der Waals surface area contributed by atoms with Gasteiger partial charge in [0, 0.05) is 31.4 Å². The van der Waals surface area contributed by atoms with E-state index in [1.807, 2.05) is 31.2 Å². The average molecular weight is 372 g/mol. The molecule has 4 rings (SSSR count). The molecule has 140 valence electrons. The number of rotatable bonds is 6. The van der Waals surface area contributed by atoms with Crippen molar-refractivity contribution in [2.75, 3.05) is 11.1 Å². The second kappa shape index (κ2) is 7.87. The fraction of sp³-hybridized carbons (Fsp3) is 0.143. The Balaban J connectivity index is 1.39. The molecule has 0 atom stereocenters. The van der Waals surface area contributed by atoms with Crippen molar-refractivity contribution in [2.24, 2.45) is 0 Å². The van der Waals surface area contributed by atoms with Gasteiger partial charge in [0.2, 0.25) is 0 Å². The van der Waals surface area contributed by atoms with Crippen molar-refractivity contribution in [3.05, 3.63) is 83.6 Å². The Labute approximate surface area is 162 Å². The summed E-state index contributed by atoms with van der Waals surface area (Å²) in [4.78, 5) is 12.5. The van der Waals surface area contributed by atoms with Gasteiger partial charge in [0.25, 0.3) is 0 Å². The Hall–Kier alpha value is -3.74. The van der Waals surface area contributed by atoms with Gasteiger partial charge >= 0.3 is 0 Å². The van der Waals surface area contributed by atoms with Gasteiger partial charge in [-0.3, -0.25) is 0 Å². The van der Waals surface area contributed by atoms with Crippen molar-refractivity contribution in [2.45, 2.75) is 19.9 Å². The Morgan fingerprint density at radius 3 is 2.61 bits per heavy atom. The number of aryl methyl sites for hydroxylation is 1. The fourth-order valence-electron chi connectivity index (χ4n) is 2.88. The highest BCUT2D eigenvalue weighted by molar-refractivity contribution is 5.69. The van der Waals surface area contributed by atoms with Crippen LogP contribution in [-0.2, 0) is 13.0 Å². The zero-order chi connectivity index (χ0) is 19.3. The highest BCUT2D eigenvalue weighted by atomic mass is 16.5. The van der Waals surface area contributed by atoms with Crippen molar-refractivity contribution >= 4 is 11.6 Å². The van der Waals surface area contributed by atoms with E-state index >= 15 is 0 Å². The van der Waals surface area contributed by atoms with Gasteiger partial charge < -0.3 is 15.6 Å². The second-order valence-corrected chi connectivity index (χ2v) is 6.45. The van der Waals surface area contributed by atoms with E-state index in [1.165, 1.54) is 5.56 Å². The maximum atomic E-state index is 5.90. The van der Waals surface area contributed by atoms with Crippen LogP contribution in [0.3, 0.4) is 0 Å². The monoisotopic (exact) mass is 372 g/mol. The molecule has 7 heteroatoms. The summed E-state index contributed by atoms with van der Waals surface area (Å²) in [6, 6.07) is 15.8. The molecular formula is C21H20N6O. The van der Waals surface area contributed by atoms with Crippen LogP contribution in [0.2, 0.25) is 0 Å². The van der Waals surface area contributed by atoms with Gasteiger partial charge in [-0.25, -0.2) is 15.0 Å². The van der Waals surface area contributed by atoms with E-state index in [9.17, 15) is 0 Å². The number of hydrogen-bond acceptors (Lipinski definition) is 7. The van der Waals surface area contributed by atoms with Crippen LogP contribution in [0.4, 0.5) is 11.6 Å². The molecule has 0 radical (unpaired) electrons. The lowest BCUT2D eigenvalue weighted by molar-refractivity contribution is 0.425. The third-order valence-corrected chi connectivity index (χ3v) is 4.32. The largest absolute Gasteiger partial charge is 0.383 e. The number of nitrogens with two attached hydrogens (primary N) is 1. The van der Waals surface area contributed by atoms with Gasteiger partial charge in [0.15, 0.2) is 5.76 Å². The number of anilines is 2. The molecule has 1 aromatic carbocycles. The number of benzene rings is 1. The first-order chi connectivity index (χ1) is 13.7. The van der Waals surface area contributed by atoms with Crippen LogP contribution < -0.4 is 11.1 Å². The first-order valence-corrected chi connectivity index (χ1v) is 8.95. The van der Waals surface area contributed by atoms with E-state index in [0.717, 1.165) is 28.5 Å². The Morgan fingerprint density at radius 2 is 1.82 bits per heavy atom. The molecule has 0 saturated carbocycles. The van der Waals surface area contributed by atoms with Crippen LogP contribution in [0, 0.1) is 6.92 Å². The molecule has 0 bridgehead atoms. The lowest BCUT2D eigenvalue weighted by atomic mass is 10.1. The second-order valence-electron chi connectivity index (χ2n) is 6.45. The van der Waals surface area contributed by atoms with Crippen LogP contribution >= 0.6 is 0 Å². The van der Waals surface area contributed by atoms with Gasteiger partial charge in [-0.1, -0.05) is 29.4 Å². The minimum absolute atomic E-state index is 0.431. The smallest absolute Gasteiger partial charge is 0.170 e. The van der Waals surface area contributed by atoms with Gasteiger partial charge in [0.05, 0.1) is 11.3 Å². The summed E-state index contributed by atoms with van der Waals surface area (Å²) in [6.07, 6.45) is 4.08. The molecule has 0 saturated heterocycles. The topological polar surface area (TPSA) is 103 Å². The van der Waals surface area contributed by atoms with Crippen molar-refractivity contribution < 1.29 is 4.52 Å². The summed E-state index contributed by atoms with van der Waals surface area (Å²) < 4.78 is 5.43. The van der Waals surface area contributed by atoms with Crippen molar-refractivity contribution in [3.8, 4) is 11.3 Å². The van der Waals surface area contributed by atoms with Gasteiger partial charge in [0.1, 0.15) is 17.5 Å². The summed E-state index contributed by atoms with van der Waals surface area (Å²) in [5.41, 5.74) is 9.82. The molecule has 0 aliphatic heterocycles. The first kappa shape index (κ1) is 17.7. The molecule has 0 amide bonds. The number of hydrogen-bond donors (Lipinski definition) is 2.